The third-order valence-corrected chi connectivity index (χ3v) is 2.73. The van der Waals surface area contributed by atoms with Gasteiger partial charge in [0.05, 0.1) is 17.7 Å². The maximum absolute atomic E-state index is 11.9. The van der Waals surface area contributed by atoms with Crippen LogP contribution in [0.1, 0.15) is 11.1 Å². The van der Waals surface area contributed by atoms with Gasteiger partial charge in [0.1, 0.15) is 6.07 Å². The van der Waals surface area contributed by atoms with Gasteiger partial charge in [0.25, 0.3) is 0 Å². The summed E-state index contributed by atoms with van der Waals surface area (Å²) in [6, 6.07) is 16.1. The minimum absolute atomic E-state index is 0.187. The minimum atomic E-state index is -0.194. The van der Waals surface area contributed by atoms with E-state index in [4.69, 9.17) is 11.0 Å². The van der Waals surface area contributed by atoms with E-state index in [1.165, 1.54) is 0 Å². The summed E-state index contributed by atoms with van der Waals surface area (Å²) in [6.45, 7) is 0. The molecule has 0 saturated heterocycles. The van der Waals surface area contributed by atoms with Gasteiger partial charge in [0.2, 0.25) is 5.91 Å². The zero-order chi connectivity index (χ0) is 13.7. The minimum Gasteiger partial charge on any atom is -0.398 e. The van der Waals surface area contributed by atoms with Crippen LogP contribution in [0.15, 0.2) is 48.5 Å². The van der Waals surface area contributed by atoms with E-state index in [2.05, 4.69) is 5.32 Å². The van der Waals surface area contributed by atoms with Crippen molar-refractivity contribution in [1.29, 1.82) is 5.26 Å². The lowest BCUT2D eigenvalue weighted by Gasteiger charge is -2.08. The quantitative estimate of drug-likeness (QED) is 0.821. The van der Waals surface area contributed by atoms with Crippen molar-refractivity contribution in [2.24, 2.45) is 0 Å². The summed E-state index contributed by atoms with van der Waals surface area (Å²) in [5, 5.41) is 11.7. The molecule has 1 amide bonds. The molecule has 0 heterocycles. The molecule has 4 heteroatoms. The van der Waals surface area contributed by atoms with Gasteiger partial charge in [-0.25, -0.2) is 0 Å². The molecule has 0 saturated carbocycles. The number of amides is 1. The fourth-order valence-electron chi connectivity index (χ4n) is 1.75. The van der Waals surface area contributed by atoms with Gasteiger partial charge in [0, 0.05) is 5.69 Å². The lowest BCUT2D eigenvalue weighted by molar-refractivity contribution is -0.115. The average Bonchev–Trinajstić information content (AvgIpc) is 2.42. The third-order valence-electron chi connectivity index (χ3n) is 2.73. The number of nitrogens with zero attached hydrogens (tertiary/aromatic N) is 1. The van der Waals surface area contributed by atoms with Crippen molar-refractivity contribution in [1.82, 2.24) is 0 Å². The van der Waals surface area contributed by atoms with Crippen LogP contribution in [0, 0.1) is 11.3 Å². The number of nitrogens with two attached hydrogens (primary N) is 1. The summed E-state index contributed by atoms with van der Waals surface area (Å²) < 4.78 is 0. The predicted octanol–water partition coefficient (Wildman–Crippen LogP) is 2.32. The number of nitrogen functional groups attached to an aromatic ring is 1. The number of carbonyl (C=O) groups excluding carboxylic acids is 1. The number of rotatable bonds is 3. The van der Waals surface area contributed by atoms with Crippen LogP contribution in [0.2, 0.25) is 0 Å². The van der Waals surface area contributed by atoms with E-state index in [0.29, 0.717) is 16.9 Å². The summed E-state index contributed by atoms with van der Waals surface area (Å²) in [7, 11) is 0. The van der Waals surface area contributed by atoms with Crippen LogP contribution in [0.5, 0.6) is 0 Å². The molecule has 19 heavy (non-hydrogen) atoms. The second-order valence-electron chi connectivity index (χ2n) is 4.08. The van der Waals surface area contributed by atoms with E-state index in [0.717, 1.165) is 5.56 Å². The van der Waals surface area contributed by atoms with Crippen molar-refractivity contribution in [3.63, 3.8) is 0 Å². The molecular formula is C15H13N3O. The highest BCUT2D eigenvalue weighted by molar-refractivity contribution is 5.94. The molecule has 2 aromatic rings. The molecular weight excluding hydrogens is 238 g/mol. The molecule has 0 aliphatic heterocycles. The summed E-state index contributed by atoms with van der Waals surface area (Å²) in [4.78, 5) is 11.9. The van der Waals surface area contributed by atoms with Crippen LogP contribution in [-0.4, -0.2) is 5.91 Å². The standard InChI is InChI=1S/C15H13N3O/c16-10-12-6-2-4-8-14(12)18-15(19)9-11-5-1-3-7-13(11)17/h1-8H,9,17H2,(H,18,19). The monoisotopic (exact) mass is 251 g/mol. The predicted molar refractivity (Wildman–Crippen MR) is 74.3 cm³/mol. The van der Waals surface area contributed by atoms with E-state index in [-0.39, 0.29) is 12.3 Å². The first kappa shape index (κ1) is 12.7. The highest BCUT2D eigenvalue weighted by atomic mass is 16.1. The topological polar surface area (TPSA) is 78.9 Å². The Morgan fingerprint density at radius 1 is 1.16 bits per heavy atom. The first-order valence-electron chi connectivity index (χ1n) is 5.83. The zero-order valence-corrected chi connectivity index (χ0v) is 10.3. The summed E-state index contributed by atoms with van der Waals surface area (Å²) >= 11 is 0. The molecule has 0 unspecified atom stereocenters. The van der Waals surface area contributed by atoms with Crippen molar-refractivity contribution in [3.05, 3.63) is 59.7 Å². The number of benzene rings is 2. The number of nitrogens with one attached hydrogen (secondary N) is 1. The fraction of sp³-hybridized carbons (Fsp3) is 0.0667. The Hall–Kier alpha value is -2.80. The van der Waals surface area contributed by atoms with Crippen molar-refractivity contribution in [2.45, 2.75) is 6.42 Å². The van der Waals surface area contributed by atoms with Crippen molar-refractivity contribution in [3.8, 4) is 6.07 Å². The largest absolute Gasteiger partial charge is 0.398 e. The van der Waals surface area contributed by atoms with Gasteiger partial charge in [-0.3, -0.25) is 4.79 Å². The Kier molecular flexibility index (Phi) is 3.79. The summed E-state index contributed by atoms with van der Waals surface area (Å²) in [6.07, 6.45) is 0.187. The van der Waals surface area contributed by atoms with Gasteiger partial charge in [-0.1, -0.05) is 30.3 Å². The molecule has 0 atom stereocenters. The SMILES string of the molecule is N#Cc1ccccc1NC(=O)Cc1ccccc1N. The van der Waals surface area contributed by atoms with Crippen molar-refractivity contribution >= 4 is 17.3 Å². The van der Waals surface area contributed by atoms with Crippen LogP contribution in [0.3, 0.4) is 0 Å². The third kappa shape index (κ3) is 3.11. The van der Waals surface area contributed by atoms with Gasteiger partial charge >= 0.3 is 0 Å². The second-order valence-corrected chi connectivity index (χ2v) is 4.08. The molecule has 0 aliphatic rings. The normalized spacial score (nSPS) is 9.63. The maximum atomic E-state index is 11.9. The van der Waals surface area contributed by atoms with E-state index in [1.807, 2.05) is 24.3 Å². The average molecular weight is 251 g/mol. The van der Waals surface area contributed by atoms with Crippen LogP contribution >= 0.6 is 0 Å². The molecule has 2 aromatic carbocycles. The number of nitriles is 1. The lowest BCUT2D eigenvalue weighted by atomic mass is 10.1. The maximum Gasteiger partial charge on any atom is 0.228 e. The Labute approximate surface area is 111 Å². The number of carbonyl (C=O) groups is 1. The Bertz CT molecular complexity index is 644. The van der Waals surface area contributed by atoms with Gasteiger partial charge in [-0.2, -0.15) is 5.26 Å². The lowest BCUT2D eigenvalue weighted by Crippen LogP contribution is -2.16. The Morgan fingerprint density at radius 2 is 1.84 bits per heavy atom. The second kappa shape index (κ2) is 5.69. The van der Waals surface area contributed by atoms with Crippen LogP contribution in [-0.2, 0) is 11.2 Å². The molecule has 3 N–H and O–H groups in total. The van der Waals surface area contributed by atoms with E-state index < -0.39 is 0 Å². The molecule has 0 bridgehead atoms. The van der Waals surface area contributed by atoms with E-state index in [9.17, 15) is 4.79 Å². The molecule has 0 fully saturated rings. The van der Waals surface area contributed by atoms with E-state index in [1.54, 1.807) is 30.3 Å². The van der Waals surface area contributed by atoms with Gasteiger partial charge < -0.3 is 11.1 Å². The van der Waals surface area contributed by atoms with Crippen LogP contribution < -0.4 is 11.1 Å². The molecule has 0 spiro atoms. The first-order chi connectivity index (χ1) is 9.20. The summed E-state index contributed by atoms with van der Waals surface area (Å²) in [5.41, 5.74) is 8.11. The van der Waals surface area contributed by atoms with Gasteiger partial charge in [0.15, 0.2) is 0 Å². The Morgan fingerprint density at radius 3 is 2.58 bits per heavy atom. The number of hydrogen-bond donors (Lipinski definition) is 2. The zero-order valence-electron chi connectivity index (χ0n) is 10.3. The molecule has 2 rings (SSSR count). The van der Waals surface area contributed by atoms with Crippen molar-refractivity contribution < 1.29 is 4.79 Å². The van der Waals surface area contributed by atoms with Crippen LogP contribution in [0.25, 0.3) is 0 Å². The summed E-state index contributed by atoms with van der Waals surface area (Å²) in [5.74, 6) is -0.194. The van der Waals surface area contributed by atoms with Crippen molar-refractivity contribution in [2.75, 3.05) is 11.1 Å². The molecule has 0 aliphatic carbocycles. The van der Waals surface area contributed by atoms with Gasteiger partial charge in [-0.05, 0) is 23.8 Å². The van der Waals surface area contributed by atoms with Crippen LogP contribution in [0.4, 0.5) is 11.4 Å². The number of anilines is 2. The highest BCUT2D eigenvalue weighted by Gasteiger charge is 2.08. The molecule has 4 nitrogen and oxygen atoms in total. The highest BCUT2D eigenvalue weighted by Crippen LogP contribution is 2.15. The number of hydrogen-bond acceptors (Lipinski definition) is 3. The fourth-order valence-corrected chi connectivity index (χ4v) is 1.75. The molecule has 0 aromatic heterocycles. The van der Waals surface area contributed by atoms with Gasteiger partial charge in [-0.15, -0.1) is 0 Å². The van der Waals surface area contributed by atoms with E-state index >= 15 is 0 Å². The molecule has 94 valence electrons. The Balaban J connectivity index is 2.11. The molecule has 0 radical (unpaired) electrons. The first-order valence-corrected chi connectivity index (χ1v) is 5.83. The number of para-hydroxylation sites is 2. The smallest absolute Gasteiger partial charge is 0.228 e.